The topological polar surface area (TPSA) is 147 Å². The molecule has 1 fully saturated rings. The number of anilines is 1. The number of ether oxygens (including phenoxy) is 1. The van der Waals surface area contributed by atoms with Crippen molar-refractivity contribution in [3.63, 3.8) is 0 Å². The number of nitrogens with two attached hydrogens (primary N) is 1. The summed E-state index contributed by atoms with van der Waals surface area (Å²) in [6, 6.07) is -0.00445. The monoisotopic (exact) mass is 283 g/mol. The number of hydrogen-bond acceptors (Lipinski definition) is 8. The number of fused-ring (bicyclic) bond motifs is 1. The molecule has 9 nitrogen and oxygen atoms in total. The van der Waals surface area contributed by atoms with E-state index in [1.165, 1.54) is 12.4 Å². The maximum absolute atomic E-state index is 10.5. The highest BCUT2D eigenvalue weighted by molar-refractivity contribution is 5.87. The fourth-order valence-electron chi connectivity index (χ4n) is 2.24. The fraction of sp³-hybridized carbons (Fsp3) is 0.455. The fourth-order valence-corrected chi connectivity index (χ4v) is 2.24. The first kappa shape index (κ1) is 12.0. The van der Waals surface area contributed by atoms with E-state index in [-0.39, 0.29) is 17.4 Å². The molecule has 1 saturated heterocycles. The minimum Gasteiger partial charge on any atom is -0.398 e. The van der Waals surface area contributed by atoms with Gasteiger partial charge in [-0.1, -0.05) is 0 Å². The average molecular weight is 283 g/mol. The molecule has 4 atom stereocenters. The zero-order valence-corrected chi connectivity index (χ0v) is 10.2. The number of nitrogen functional groups attached to an aromatic ring is 1. The SMILES string of the molecule is [2H]c1cnc2c(cnn2C2(O)O[C@H](CO)[C@@H](O)[C@H]2O)c1N. The quantitative estimate of drug-likeness (QED) is 0.414. The summed E-state index contributed by atoms with van der Waals surface area (Å²) in [5.41, 5.74) is 5.93. The normalized spacial score (nSPS) is 34.6. The molecule has 3 rings (SSSR count). The Kier molecular flexibility index (Phi) is 2.62. The van der Waals surface area contributed by atoms with Crippen molar-refractivity contribution in [1.29, 1.82) is 0 Å². The van der Waals surface area contributed by atoms with E-state index in [0.717, 1.165) is 4.68 Å². The van der Waals surface area contributed by atoms with Crippen molar-refractivity contribution in [1.82, 2.24) is 14.8 Å². The van der Waals surface area contributed by atoms with Crippen LogP contribution in [-0.4, -0.2) is 60.1 Å². The van der Waals surface area contributed by atoms with E-state index < -0.39 is 30.8 Å². The molecular weight excluding hydrogens is 268 g/mol. The Bertz CT molecular complexity index is 695. The van der Waals surface area contributed by atoms with Crippen molar-refractivity contribution in [2.45, 2.75) is 24.2 Å². The van der Waals surface area contributed by atoms with Crippen LogP contribution in [0.2, 0.25) is 0 Å². The van der Waals surface area contributed by atoms with Crippen LogP contribution in [-0.2, 0) is 10.6 Å². The van der Waals surface area contributed by atoms with Crippen LogP contribution in [0.15, 0.2) is 18.4 Å². The number of nitrogens with zero attached hydrogens (tertiary/aromatic N) is 3. The number of rotatable bonds is 2. The number of aromatic nitrogens is 3. The number of pyridine rings is 1. The van der Waals surface area contributed by atoms with Crippen molar-refractivity contribution < 1.29 is 26.5 Å². The molecule has 1 aliphatic rings. The largest absolute Gasteiger partial charge is 0.398 e. The van der Waals surface area contributed by atoms with Crippen LogP contribution in [0, 0.1) is 0 Å². The van der Waals surface area contributed by atoms with E-state index in [0.29, 0.717) is 5.39 Å². The van der Waals surface area contributed by atoms with Crippen LogP contribution < -0.4 is 5.73 Å². The molecule has 108 valence electrons. The predicted octanol–water partition coefficient (Wildman–Crippen LogP) is -2.27. The molecule has 1 aliphatic heterocycles. The van der Waals surface area contributed by atoms with Crippen molar-refractivity contribution in [3.8, 4) is 0 Å². The Morgan fingerprint density at radius 3 is 2.95 bits per heavy atom. The molecule has 6 N–H and O–H groups in total. The second-order valence-electron chi connectivity index (χ2n) is 4.54. The van der Waals surface area contributed by atoms with E-state index in [1.807, 2.05) is 0 Å². The van der Waals surface area contributed by atoms with Gasteiger partial charge in [0.15, 0.2) is 11.8 Å². The van der Waals surface area contributed by atoms with Gasteiger partial charge in [-0.15, -0.1) is 0 Å². The molecule has 1 unspecified atom stereocenters. The van der Waals surface area contributed by atoms with Gasteiger partial charge in [0, 0.05) is 11.9 Å². The lowest BCUT2D eigenvalue weighted by atomic mass is 10.1. The lowest BCUT2D eigenvalue weighted by molar-refractivity contribution is -0.292. The summed E-state index contributed by atoms with van der Waals surface area (Å²) in [7, 11) is 0. The van der Waals surface area contributed by atoms with Crippen molar-refractivity contribution in [3.05, 3.63) is 18.4 Å². The summed E-state index contributed by atoms with van der Waals surface area (Å²) in [5, 5.41) is 43.5. The highest BCUT2D eigenvalue weighted by Gasteiger charge is 2.56. The van der Waals surface area contributed by atoms with Crippen LogP contribution >= 0.6 is 0 Å². The number of aliphatic hydroxyl groups is 4. The van der Waals surface area contributed by atoms with Crippen LogP contribution in [0.3, 0.4) is 0 Å². The first-order valence-corrected chi connectivity index (χ1v) is 5.86. The summed E-state index contributed by atoms with van der Waals surface area (Å²) < 4.78 is 13.5. The van der Waals surface area contributed by atoms with E-state index >= 15 is 0 Å². The van der Waals surface area contributed by atoms with Gasteiger partial charge in [0.05, 0.1) is 19.6 Å². The lowest BCUT2D eigenvalue weighted by Crippen LogP contribution is -2.46. The molecular formula is C11H14N4O5. The lowest BCUT2D eigenvalue weighted by Gasteiger charge is -2.26. The van der Waals surface area contributed by atoms with E-state index in [4.69, 9.17) is 16.9 Å². The zero-order valence-electron chi connectivity index (χ0n) is 11.2. The van der Waals surface area contributed by atoms with Crippen LogP contribution in [0.5, 0.6) is 0 Å². The predicted molar refractivity (Wildman–Crippen MR) is 66.1 cm³/mol. The van der Waals surface area contributed by atoms with Gasteiger partial charge in [0.2, 0.25) is 0 Å². The first-order valence-electron chi connectivity index (χ1n) is 6.36. The number of aliphatic hydroxyl groups excluding tert-OH is 3. The Morgan fingerprint density at radius 2 is 2.30 bits per heavy atom. The third kappa shape index (κ3) is 1.62. The van der Waals surface area contributed by atoms with Gasteiger partial charge in [-0.25, -0.2) is 4.98 Å². The van der Waals surface area contributed by atoms with Gasteiger partial charge in [0.1, 0.15) is 12.2 Å². The highest BCUT2D eigenvalue weighted by Crippen LogP contribution is 2.35. The summed E-state index contributed by atoms with van der Waals surface area (Å²) in [6.45, 7) is -0.591. The van der Waals surface area contributed by atoms with Gasteiger partial charge in [-0.05, 0) is 6.04 Å². The first-order chi connectivity index (χ1) is 9.90. The van der Waals surface area contributed by atoms with Crippen molar-refractivity contribution >= 4 is 16.7 Å². The molecule has 0 aliphatic carbocycles. The van der Waals surface area contributed by atoms with Crippen molar-refractivity contribution in [2.75, 3.05) is 12.3 Å². The molecule has 20 heavy (non-hydrogen) atoms. The van der Waals surface area contributed by atoms with Crippen LogP contribution in [0.1, 0.15) is 1.37 Å². The standard InChI is InChI=1S/C11H14N4O5/c12-6-1-2-13-10-5(6)3-14-15(10)11(19)9(18)8(17)7(4-16)20-11/h1-3,7-9,16-19H,4H2,(H2,12,13)/t7-,8-,9-,11?/m1/s1/i1D. The molecule has 9 heteroatoms. The molecule has 2 aromatic heterocycles. The second kappa shape index (κ2) is 4.36. The molecule has 2 aromatic rings. The molecule has 0 aromatic carbocycles. The van der Waals surface area contributed by atoms with E-state index in [2.05, 4.69) is 10.1 Å². The summed E-state index contributed by atoms with van der Waals surface area (Å²) in [6.07, 6.45) is -1.97. The van der Waals surface area contributed by atoms with Gasteiger partial charge < -0.3 is 30.9 Å². The van der Waals surface area contributed by atoms with Gasteiger partial charge >= 0.3 is 5.91 Å². The zero-order chi connectivity index (χ0) is 15.4. The summed E-state index contributed by atoms with van der Waals surface area (Å²) in [5.74, 6) is -2.39. The number of hydrogen-bond donors (Lipinski definition) is 5. The Balaban J connectivity index is 2.15. The second-order valence-corrected chi connectivity index (χ2v) is 4.54. The molecule has 0 amide bonds. The Labute approximate surface area is 114 Å². The Morgan fingerprint density at radius 1 is 1.55 bits per heavy atom. The molecule has 0 spiro atoms. The Hall–Kier alpha value is -1.78. The van der Waals surface area contributed by atoms with Gasteiger partial charge in [-0.3, -0.25) is 0 Å². The van der Waals surface area contributed by atoms with Crippen LogP contribution in [0.25, 0.3) is 11.0 Å². The third-order valence-corrected chi connectivity index (χ3v) is 3.34. The van der Waals surface area contributed by atoms with Gasteiger partial charge in [0.25, 0.3) is 0 Å². The maximum atomic E-state index is 10.5. The minimum absolute atomic E-state index is 0.00445. The maximum Gasteiger partial charge on any atom is 0.300 e. The molecule has 3 heterocycles. The van der Waals surface area contributed by atoms with Crippen LogP contribution in [0.4, 0.5) is 5.69 Å². The van der Waals surface area contributed by atoms with Crippen molar-refractivity contribution in [2.24, 2.45) is 0 Å². The average Bonchev–Trinajstić information content (AvgIpc) is 2.99. The van der Waals surface area contributed by atoms with E-state index in [1.54, 1.807) is 0 Å². The third-order valence-electron chi connectivity index (χ3n) is 3.34. The molecule has 0 bridgehead atoms. The summed E-state index contributed by atoms with van der Waals surface area (Å²) in [4.78, 5) is 3.94. The molecule has 0 saturated carbocycles. The minimum atomic E-state index is -2.39. The van der Waals surface area contributed by atoms with E-state index in [9.17, 15) is 15.3 Å². The smallest absolute Gasteiger partial charge is 0.300 e. The van der Waals surface area contributed by atoms with Gasteiger partial charge in [-0.2, -0.15) is 9.78 Å². The summed E-state index contributed by atoms with van der Waals surface area (Å²) >= 11 is 0. The molecule has 0 radical (unpaired) electrons. The highest BCUT2D eigenvalue weighted by atomic mass is 16.7.